The third kappa shape index (κ3) is 5.36. The first-order valence-electron chi connectivity index (χ1n) is 13.4. The first-order valence-corrected chi connectivity index (χ1v) is 13.4. The number of benzene rings is 1. The van der Waals surface area contributed by atoms with Crippen LogP contribution in [0, 0.1) is 5.92 Å². The fourth-order valence-electron chi connectivity index (χ4n) is 5.24. The lowest BCUT2D eigenvalue weighted by Gasteiger charge is -2.31. The van der Waals surface area contributed by atoms with Gasteiger partial charge in [0.25, 0.3) is 5.91 Å². The van der Waals surface area contributed by atoms with Gasteiger partial charge in [-0.15, -0.1) is 0 Å². The van der Waals surface area contributed by atoms with Crippen molar-refractivity contribution >= 4 is 23.8 Å². The normalized spacial score (nSPS) is 25.1. The van der Waals surface area contributed by atoms with Crippen LogP contribution in [0.5, 0.6) is 11.5 Å². The molecule has 0 spiro atoms. The summed E-state index contributed by atoms with van der Waals surface area (Å²) in [6, 6.07) is 5.81. The molecular weight excluding hydrogens is 486 g/mol. The van der Waals surface area contributed by atoms with E-state index in [0.29, 0.717) is 29.5 Å². The van der Waals surface area contributed by atoms with Crippen molar-refractivity contribution in [2.75, 3.05) is 19.0 Å². The van der Waals surface area contributed by atoms with Gasteiger partial charge in [0, 0.05) is 29.9 Å². The van der Waals surface area contributed by atoms with Crippen molar-refractivity contribution < 1.29 is 24.2 Å². The van der Waals surface area contributed by atoms with Gasteiger partial charge in [0.1, 0.15) is 23.1 Å². The molecule has 0 bridgehead atoms. The number of anilines is 1. The average molecular weight is 524 g/mol. The van der Waals surface area contributed by atoms with Crippen LogP contribution in [-0.4, -0.2) is 60.1 Å². The zero-order valence-electron chi connectivity index (χ0n) is 22.2. The SMILES string of the molecule is COc1ccc(C2(C)N=CNc3c(C(=O)NC4CCC(NC(=O)[C@H](C)O)CC4)c[nH]c32)c(OCC2CC2)c1. The maximum Gasteiger partial charge on any atom is 0.255 e. The molecule has 1 unspecified atom stereocenters. The van der Waals surface area contributed by atoms with Gasteiger partial charge in [-0.05, 0) is 70.4 Å². The maximum absolute atomic E-state index is 13.3. The van der Waals surface area contributed by atoms with Crippen LogP contribution in [0.1, 0.15) is 74.0 Å². The zero-order valence-corrected chi connectivity index (χ0v) is 22.2. The second-order valence-corrected chi connectivity index (χ2v) is 10.8. The van der Waals surface area contributed by atoms with E-state index in [2.05, 4.69) is 20.9 Å². The molecule has 2 aromatic rings. The summed E-state index contributed by atoms with van der Waals surface area (Å²) in [6.45, 7) is 4.13. The third-order valence-electron chi connectivity index (χ3n) is 7.82. The summed E-state index contributed by atoms with van der Waals surface area (Å²) < 4.78 is 11.7. The molecule has 1 aliphatic heterocycles. The number of rotatable bonds is 9. The van der Waals surface area contributed by atoms with Gasteiger partial charge < -0.3 is 35.5 Å². The van der Waals surface area contributed by atoms with E-state index in [4.69, 9.17) is 14.5 Å². The van der Waals surface area contributed by atoms with Crippen molar-refractivity contribution in [2.45, 2.75) is 76.1 Å². The van der Waals surface area contributed by atoms with Gasteiger partial charge in [-0.25, -0.2) is 0 Å². The molecule has 5 rings (SSSR count). The van der Waals surface area contributed by atoms with Crippen LogP contribution in [0.25, 0.3) is 0 Å². The van der Waals surface area contributed by atoms with Gasteiger partial charge in [-0.3, -0.25) is 14.6 Å². The number of aromatic amines is 1. The number of amides is 2. The van der Waals surface area contributed by atoms with E-state index in [1.54, 1.807) is 19.6 Å². The number of ether oxygens (including phenoxy) is 2. The number of nitrogens with one attached hydrogen (secondary N) is 4. The molecule has 204 valence electrons. The number of fused-ring (bicyclic) bond motifs is 1. The molecule has 1 aromatic heterocycles. The highest BCUT2D eigenvalue weighted by Crippen LogP contribution is 2.45. The van der Waals surface area contributed by atoms with E-state index >= 15 is 0 Å². The van der Waals surface area contributed by atoms with Gasteiger partial charge >= 0.3 is 0 Å². The Labute approximate surface area is 222 Å². The summed E-state index contributed by atoms with van der Waals surface area (Å²) in [4.78, 5) is 33.2. The van der Waals surface area contributed by atoms with Gasteiger partial charge in [0.15, 0.2) is 0 Å². The summed E-state index contributed by atoms with van der Waals surface area (Å²) in [5, 5.41) is 18.6. The van der Waals surface area contributed by atoms with E-state index in [0.717, 1.165) is 42.7 Å². The number of aliphatic imine (C=N–C) groups is 1. The quantitative estimate of drug-likeness (QED) is 0.343. The maximum atomic E-state index is 13.3. The van der Waals surface area contributed by atoms with Crippen LogP contribution in [-0.2, 0) is 10.3 Å². The Morgan fingerprint density at radius 2 is 1.87 bits per heavy atom. The van der Waals surface area contributed by atoms with Gasteiger partial charge in [-0.2, -0.15) is 0 Å². The van der Waals surface area contributed by atoms with E-state index in [1.165, 1.54) is 19.8 Å². The summed E-state index contributed by atoms with van der Waals surface area (Å²) in [5.41, 5.74) is 2.11. The molecule has 1 aromatic carbocycles. The molecule has 2 fully saturated rings. The fraction of sp³-hybridized carbons (Fsp3) is 0.536. The van der Waals surface area contributed by atoms with Gasteiger partial charge in [0.05, 0.1) is 37.0 Å². The number of hydrogen-bond donors (Lipinski definition) is 5. The Bertz CT molecular complexity index is 1210. The highest BCUT2D eigenvalue weighted by atomic mass is 16.5. The Balaban J connectivity index is 1.31. The topological polar surface area (TPSA) is 137 Å². The lowest BCUT2D eigenvalue weighted by Crippen LogP contribution is -2.46. The standard InChI is InChI=1S/C28H37N5O5/c1-16(34)26(35)32-18-6-8-19(9-7-18)33-27(36)21-13-29-25-24(21)30-15-31-28(25,2)22-11-10-20(37-3)12-23(22)38-14-17-4-5-17/h10-13,15-19,29,34H,4-9,14H2,1-3H3,(H,30,31)(H,32,35)(H,33,36)/t16-,18?,19?,28?/m0/s1. The molecule has 38 heavy (non-hydrogen) atoms. The van der Waals surface area contributed by atoms with Crippen LogP contribution in [0.2, 0.25) is 0 Å². The summed E-state index contributed by atoms with van der Waals surface area (Å²) >= 11 is 0. The molecule has 2 heterocycles. The van der Waals surface area contributed by atoms with Crippen molar-refractivity contribution in [1.82, 2.24) is 15.6 Å². The van der Waals surface area contributed by atoms with Gasteiger partial charge in [-0.1, -0.05) is 0 Å². The van der Waals surface area contributed by atoms with Crippen LogP contribution in [0.4, 0.5) is 5.69 Å². The second-order valence-electron chi connectivity index (χ2n) is 10.8. The monoisotopic (exact) mass is 523 g/mol. The minimum atomic E-state index is -1.02. The predicted molar refractivity (Wildman–Crippen MR) is 144 cm³/mol. The van der Waals surface area contributed by atoms with Crippen LogP contribution in [0.15, 0.2) is 29.4 Å². The lowest BCUT2D eigenvalue weighted by molar-refractivity contribution is -0.129. The molecule has 0 radical (unpaired) electrons. The minimum absolute atomic E-state index is 0.0143. The van der Waals surface area contributed by atoms with E-state index in [1.807, 2.05) is 25.1 Å². The number of carbonyl (C=O) groups is 2. The van der Waals surface area contributed by atoms with Crippen molar-refractivity contribution in [3.05, 3.63) is 41.2 Å². The third-order valence-corrected chi connectivity index (χ3v) is 7.82. The highest BCUT2D eigenvalue weighted by Gasteiger charge is 2.39. The fourth-order valence-corrected chi connectivity index (χ4v) is 5.24. The van der Waals surface area contributed by atoms with Crippen molar-refractivity contribution in [1.29, 1.82) is 0 Å². The zero-order chi connectivity index (χ0) is 26.9. The lowest BCUT2D eigenvalue weighted by atomic mass is 9.86. The molecule has 2 saturated carbocycles. The number of aromatic nitrogens is 1. The largest absolute Gasteiger partial charge is 0.497 e. The predicted octanol–water partition coefficient (Wildman–Crippen LogP) is 3.07. The number of nitrogens with zero attached hydrogens (tertiary/aromatic N) is 1. The molecule has 0 saturated heterocycles. The minimum Gasteiger partial charge on any atom is -0.497 e. The number of aliphatic hydroxyl groups is 1. The Morgan fingerprint density at radius 3 is 2.53 bits per heavy atom. The van der Waals surface area contributed by atoms with Crippen molar-refractivity contribution in [3.63, 3.8) is 0 Å². The van der Waals surface area contributed by atoms with Crippen molar-refractivity contribution in [3.8, 4) is 11.5 Å². The molecular formula is C28H37N5O5. The average Bonchev–Trinajstić information content (AvgIpc) is 3.64. The number of H-pyrrole nitrogens is 1. The molecule has 2 aliphatic carbocycles. The number of carbonyl (C=O) groups excluding carboxylic acids is 2. The molecule has 5 N–H and O–H groups in total. The summed E-state index contributed by atoms with van der Waals surface area (Å²) in [7, 11) is 1.64. The number of methoxy groups -OCH3 is 1. The number of aliphatic hydroxyl groups excluding tert-OH is 1. The Hall–Kier alpha value is -3.53. The number of hydrogen-bond acceptors (Lipinski definition) is 7. The van der Waals surface area contributed by atoms with E-state index in [-0.39, 0.29) is 23.9 Å². The Kier molecular flexibility index (Phi) is 7.34. The van der Waals surface area contributed by atoms with Gasteiger partial charge in [0.2, 0.25) is 5.91 Å². The first-order chi connectivity index (χ1) is 18.3. The van der Waals surface area contributed by atoms with Crippen LogP contribution < -0.4 is 25.4 Å². The molecule has 10 heteroatoms. The van der Waals surface area contributed by atoms with Crippen LogP contribution >= 0.6 is 0 Å². The van der Waals surface area contributed by atoms with E-state index in [9.17, 15) is 14.7 Å². The molecule has 2 amide bonds. The molecule has 3 aliphatic rings. The second kappa shape index (κ2) is 10.7. The first kappa shape index (κ1) is 26.1. The summed E-state index contributed by atoms with van der Waals surface area (Å²) in [6.07, 6.45) is 7.73. The molecule has 2 atom stereocenters. The summed E-state index contributed by atoms with van der Waals surface area (Å²) in [5.74, 6) is 1.52. The van der Waals surface area contributed by atoms with E-state index < -0.39 is 11.6 Å². The Morgan fingerprint density at radius 1 is 1.16 bits per heavy atom. The van der Waals surface area contributed by atoms with Crippen LogP contribution in [0.3, 0.4) is 0 Å². The highest BCUT2D eigenvalue weighted by molar-refractivity contribution is 6.03. The van der Waals surface area contributed by atoms with Crippen molar-refractivity contribution in [2.24, 2.45) is 10.9 Å². The smallest absolute Gasteiger partial charge is 0.255 e. The molecule has 10 nitrogen and oxygen atoms in total.